The molecule has 0 unspecified atom stereocenters. The molecule has 0 bridgehead atoms. The van der Waals surface area contributed by atoms with Crippen LogP contribution in [0.1, 0.15) is 24.4 Å². The molecule has 1 heterocycles. The summed E-state index contributed by atoms with van der Waals surface area (Å²) in [5.41, 5.74) is 7.66. The Balaban J connectivity index is 1.90. The second-order valence-corrected chi connectivity index (χ2v) is 5.38. The maximum atomic E-state index is 9.93. The summed E-state index contributed by atoms with van der Waals surface area (Å²) in [6, 6.07) is 11.9. The summed E-state index contributed by atoms with van der Waals surface area (Å²) in [5, 5.41) is 16.9. The lowest BCUT2D eigenvalue weighted by molar-refractivity contribution is 0.310. The zero-order valence-corrected chi connectivity index (χ0v) is 14.1. The molecule has 0 spiro atoms. The number of aromatic nitrogens is 3. The van der Waals surface area contributed by atoms with E-state index in [4.69, 9.17) is 15.2 Å². The van der Waals surface area contributed by atoms with E-state index in [2.05, 4.69) is 15.2 Å². The van der Waals surface area contributed by atoms with E-state index < -0.39 is 6.04 Å². The molecular weight excluding hydrogens is 320 g/mol. The first-order valence-corrected chi connectivity index (χ1v) is 7.91. The maximum absolute atomic E-state index is 9.93. The van der Waals surface area contributed by atoms with Gasteiger partial charge in [0.05, 0.1) is 25.3 Å². The standard InChI is InChI=1S/C18H20N4O3/c1-3-25-15-10-11(8-9-14(15)24-2)16(19)18-20-17(21-22-18)12-6-4-5-7-13(12)23/h4-10,16,23H,3,19H2,1-2H3,(H,20,21,22)/t16-/m0/s1. The summed E-state index contributed by atoms with van der Waals surface area (Å²) in [6.45, 7) is 2.43. The van der Waals surface area contributed by atoms with Crippen molar-refractivity contribution >= 4 is 0 Å². The highest BCUT2D eigenvalue weighted by atomic mass is 16.5. The van der Waals surface area contributed by atoms with Gasteiger partial charge < -0.3 is 20.3 Å². The van der Waals surface area contributed by atoms with Gasteiger partial charge in [-0.3, -0.25) is 5.10 Å². The molecule has 0 aliphatic carbocycles. The smallest absolute Gasteiger partial charge is 0.184 e. The SMILES string of the molecule is CCOc1cc([C@H](N)c2nc(-c3ccccc3O)n[nH]2)ccc1OC. The van der Waals surface area contributed by atoms with Crippen LogP contribution in [0.4, 0.5) is 0 Å². The number of nitrogens with zero attached hydrogens (tertiary/aromatic N) is 2. The minimum atomic E-state index is -0.516. The van der Waals surface area contributed by atoms with E-state index in [1.54, 1.807) is 31.4 Å². The van der Waals surface area contributed by atoms with Crippen LogP contribution in [-0.4, -0.2) is 34.0 Å². The molecule has 1 aromatic heterocycles. The Kier molecular flexibility index (Phi) is 4.85. The molecule has 7 heteroatoms. The number of hydrogen-bond acceptors (Lipinski definition) is 6. The highest BCUT2D eigenvalue weighted by Gasteiger charge is 2.18. The number of aromatic amines is 1. The Morgan fingerprint density at radius 3 is 2.72 bits per heavy atom. The Labute approximate surface area is 145 Å². The van der Waals surface area contributed by atoms with Gasteiger partial charge in [-0.1, -0.05) is 18.2 Å². The van der Waals surface area contributed by atoms with Crippen molar-refractivity contribution in [1.82, 2.24) is 15.2 Å². The zero-order valence-electron chi connectivity index (χ0n) is 14.1. The quantitative estimate of drug-likeness (QED) is 0.637. The van der Waals surface area contributed by atoms with Gasteiger partial charge in [-0.15, -0.1) is 0 Å². The predicted octanol–water partition coefficient (Wildman–Crippen LogP) is 2.63. The van der Waals surface area contributed by atoms with Crippen LogP contribution in [0.15, 0.2) is 42.5 Å². The van der Waals surface area contributed by atoms with E-state index in [1.807, 2.05) is 25.1 Å². The Hall–Kier alpha value is -3.06. The number of phenols is 1. The van der Waals surface area contributed by atoms with Crippen molar-refractivity contribution in [2.45, 2.75) is 13.0 Å². The third-order valence-corrected chi connectivity index (χ3v) is 3.79. The fraction of sp³-hybridized carbons (Fsp3) is 0.222. The summed E-state index contributed by atoms with van der Waals surface area (Å²) in [6.07, 6.45) is 0. The van der Waals surface area contributed by atoms with Crippen LogP contribution in [0.25, 0.3) is 11.4 Å². The summed E-state index contributed by atoms with van der Waals surface area (Å²) in [4.78, 5) is 4.41. The number of benzene rings is 2. The van der Waals surface area contributed by atoms with Gasteiger partial charge in [0, 0.05) is 0 Å². The first kappa shape index (κ1) is 16.8. The van der Waals surface area contributed by atoms with Gasteiger partial charge in [-0.05, 0) is 36.8 Å². The van der Waals surface area contributed by atoms with Crippen molar-refractivity contribution < 1.29 is 14.6 Å². The van der Waals surface area contributed by atoms with Crippen molar-refractivity contribution in [3.63, 3.8) is 0 Å². The molecule has 0 amide bonds. The third kappa shape index (κ3) is 3.41. The Morgan fingerprint density at radius 2 is 2.00 bits per heavy atom. The van der Waals surface area contributed by atoms with E-state index in [-0.39, 0.29) is 5.75 Å². The van der Waals surface area contributed by atoms with Gasteiger partial charge in [-0.2, -0.15) is 5.10 Å². The number of phenolic OH excluding ortho intramolecular Hbond substituents is 1. The number of rotatable bonds is 6. The highest BCUT2D eigenvalue weighted by Crippen LogP contribution is 2.32. The molecule has 7 nitrogen and oxygen atoms in total. The van der Waals surface area contributed by atoms with Crippen molar-refractivity contribution in [3.05, 3.63) is 53.9 Å². The monoisotopic (exact) mass is 340 g/mol. The van der Waals surface area contributed by atoms with Crippen LogP contribution >= 0.6 is 0 Å². The highest BCUT2D eigenvalue weighted by molar-refractivity contribution is 5.63. The van der Waals surface area contributed by atoms with Gasteiger partial charge in [-0.25, -0.2) is 4.98 Å². The number of para-hydroxylation sites is 1. The molecule has 3 rings (SSSR count). The normalized spacial score (nSPS) is 12.0. The van der Waals surface area contributed by atoms with E-state index in [1.165, 1.54) is 0 Å². The first-order valence-electron chi connectivity index (χ1n) is 7.91. The third-order valence-electron chi connectivity index (χ3n) is 3.79. The Bertz CT molecular complexity index is 863. The van der Waals surface area contributed by atoms with Gasteiger partial charge in [0.2, 0.25) is 0 Å². The number of nitrogens with one attached hydrogen (secondary N) is 1. The largest absolute Gasteiger partial charge is 0.507 e. The predicted molar refractivity (Wildman–Crippen MR) is 93.7 cm³/mol. The summed E-state index contributed by atoms with van der Waals surface area (Å²) >= 11 is 0. The number of nitrogens with two attached hydrogens (primary N) is 1. The fourth-order valence-corrected chi connectivity index (χ4v) is 2.51. The number of ether oxygens (including phenoxy) is 2. The minimum absolute atomic E-state index is 0.115. The fourth-order valence-electron chi connectivity index (χ4n) is 2.51. The van der Waals surface area contributed by atoms with Crippen molar-refractivity contribution in [1.29, 1.82) is 0 Å². The molecule has 0 aliphatic heterocycles. The van der Waals surface area contributed by atoms with E-state index in [0.29, 0.717) is 35.3 Å². The lowest BCUT2D eigenvalue weighted by Crippen LogP contribution is -2.14. The summed E-state index contributed by atoms with van der Waals surface area (Å²) < 4.78 is 10.9. The van der Waals surface area contributed by atoms with Crippen molar-refractivity contribution in [2.24, 2.45) is 5.73 Å². The molecule has 4 N–H and O–H groups in total. The average molecular weight is 340 g/mol. The average Bonchev–Trinajstić information content (AvgIpc) is 3.11. The van der Waals surface area contributed by atoms with Crippen molar-refractivity contribution in [3.8, 4) is 28.6 Å². The number of methoxy groups -OCH3 is 1. The van der Waals surface area contributed by atoms with Gasteiger partial charge in [0.15, 0.2) is 17.3 Å². The second kappa shape index (κ2) is 7.23. The number of aromatic hydroxyl groups is 1. The molecule has 0 radical (unpaired) electrons. The van der Waals surface area contributed by atoms with Crippen LogP contribution in [0.3, 0.4) is 0 Å². The molecule has 2 aromatic carbocycles. The topological polar surface area (TPSA) is 106 Å². The van der Waals surface area contributed by atoms with Crippen LogP contribution in [0, 0.1) is 0 Å². The Morgan fingerprint density at radius 1 is 1.20 bits per heavy atom. The number of hydrogen-bond donors (Lipinski definition) is 3. The lowest BCUT2D eigenvalue weighted by atomic mass is 10.1. The second-order valence-electron chi connectivity index (χ2n) is 5.38. The molecular formula is C18H20N4O3. The van der Waals surface area contributed by atoms with E-state index in [0.717, 1.165) is 5.56 Å². The summed E-state index contributed by atoms with van der Waals surface area (Å²) in [7, 11) is 1.59. The number of H-pyrrole nitrogens is 1. The molecule has 0 aliphatic rings. The maximum Gasteiger partial charge on any atom is 0.184 e. The van der Waals surface area contributed by atoms with Crippen molar-refractivity contribution in [2.75, 3.05) is 13.7 Å². The molecule has 130 valence electrons. The molecule has 0 saturated carbocycles. The summed E-state index contributed by atoms with van der Waals surface area (Å²) in [5.74, 6) is 2.27. The first-order chi connectivity index (χ1) is 12.1. The van der Waals surface area contributed by atoms with Gasteiger partial charge in [0.25, 0.3) is 0 Å². The molecule has 0 saturated heterocycles. The van der Waals surface area contributed by atoms with E-state index >= 15 is 0 Å². The molecule has 3 aromatic rings. The minimum Gasteiger partial charge on any atom is -0.507 e. The van der Waals surface area contributed by atoms with Gasteiger partial charge in [0.1, 0.15) is 11.6 Å². The zero-order chi connectivity index (χ0) is 17.8. The lowest BCUT2D eigenvalue weighted by Gasteiger charge is -2.14. The van der Waals surface area contributed by atoms with Crippen LogP contribution in [0.5, 0.6) is 17.2 Å². The van der Waals surface area contributed by atoms with Crippen LogP contribution < -0.4 is 15.2 Å². The van der Waals surface area contributed by atoms with E-state index in [9.17, 15) is 5.11 Å². The molecule has 1 atom stereocenters. The molecule has 25 heavy (non-hydrogen) atoms. The molecule has 0 fully saturated rings. The van der Waals surface area contributed by atoms with Crippen LogP contribution in [0.2, 0.25) is 0 Å². The van der Waals surface area contributed by atoms with Crippen LogP contribution in [-0.2, 0) is 0 Å². The van der Waals surface area contributed by atoms with Gasteiger partial charge >= 0.3 is 0 Å².